The fraction of sp³-hybridized carbons (Fsp3) is 0.130. The van der Waals surface area contributed by atoms with E-state index in [1.807, 2.05) is 53.1 Å². The van der Waals surface area contributed by atoms with Crippen molar-refractivity contribution in [3.8, 4) is 28.1 Å². The number of nitrogens with zero attached hydrogens (tertiary/aromatic N) is 2. The SMILES string of the molecule is COc1ccc(-c2ccn3c(-c4cccc(NC(=O)NCC(F)(F)F)c4)cnc3c2)cc1. The van der Waals surface area contributed by atoms with Crippen LogP contribution in [0.4, 0.5) is 23.7 Å². The first-order chi connectivity index (χ1) is 15.3. The summed E-state index contributed by atoms with van der Waals surface area (Å²) in [5, 5.41) is 4.20. The fourth-order valence-corrected chi connectivity index (χ4v) is 3.27. The zero-order valence-corrected chi connectivity index (χ0v) is 17.0. The molecule has 6 nitrogen and oxygen atoms in total. The van der Waals surface area contributed by atoms with Gasteiger partial charge in [-0.25, -0.2) is 9.78 Å². The van der Waals surface area contributed by atoms with Crippen LogP contribution in [0.25, 0.3) is 28.0 Å². The van der Waals surface area contributed by atoms with Crippen molar-refractivity contribution < 1.29 is 22.7 Å². The number of hydrogen-bond donors (Lipinski definition) is 2. The average molecular weight is 440 g/mol. The number of fused-ring (bicyclic) bond motifs is 1. The van der Waals surface area contributed by atoms with E-state index < -0.39 is 18.8 Å². The van der Waals surface area contributed by atoms with E-state index in [9.17, 15) is 18.0 Å². The molecule has 0 bridgehead atoms. The second-order valence-electron chi connectivity index (χ2n) is 7.02. The standard InChI is InChI=1S/C23H19F3N4O2/c1-32-19-7-5-15(6-8-19)16-9-10-30-20(13-27-21(30)12-16)17-3-2-4-18(11-17)29-22(31)28-14-23(24,25)26/h2-13H,14H2,1H3,(H2,28,29,31). The number of urea groups is 1. The lowest BCUT2D eigenvalue weighted by atomic mass is 10.1. The highest BCUT2D eigenvalue weighted by Gasteiger charge is 2.27. The molecule has 2 amide bonds. The van der Waals surface area contributed by atoms with Gasteiger partial charge >= 0.3 is 12.2 Å². The molecule has 164 valence electrons. The van der Waals surface area contributed by atoms with Crippen molar-refractivity contribution in [2.24, 2.45) is 0 Å². The number of benzene rings is 2. The van der Waals surface area contributed by atoms with Gasteiger partial charge in [-0.1, -0.05) is 24.3 Å². The topological polar surface area (TPSA) is 67.7 Å². The van der Waals surface area contributed by atoms with Gasteiger partial charge in [-0.2, -0.15) is 13.2 Å². The Morgan fingerprint density at radius 1 is 1.03 bits per heavy atom. The van der Waals surface area contributed by atoms with E-state index in [2.05, 4.69) is 10.3 Å². The van der Waals surface area contributed by atoms with Gasteiger partial charge in [-0.3, -0.25) is 4.40 Å². The monoisotopic (exact) mass is 440 g/mol. The summed E-state index contributed by atoms with van der Waals surface area (Å²) in [4.78, 5) is 16.2. The number of carbonyl (C=O) groups is 1. The third kappa shape index (κ3) is 4.83. The summed E-state index contributed by atoms with van der Waals surface area (Å²) in [6.45, 7) is -1.40. The van der Waals surface area contributed by atoms with E-state index in [-0.39, 0.29) is 0 Å². The summed E-state index contributed by atoms with van der Waals surface area (Å²) in [6, 6.07) is 17.5. The van der Waals surface area contributed by atoms with Crippen molar-refractivity contribution in [1.29, 1.82) is 0 Å². The molecule has 4 rings (SSSR count). The fourth-order valence-electron chi connectivity index (χ4n) is 3.27. The third-order valence-electron chi connectivity index (χ3n) is 4.80. The highest BCUT2D eigenvalue weighted by atomic mass is 19.4. The normalized spacial score (nSPS) is 11.4. The van der Waals surface area contributed by atoms with Gasteiger partial charge in [0.1, 0.15) is 17.9 Å². The second-order valence-corrected chi connectivity index (χ2v) is 7.02. The molecule has 2 aromatic carbocycles. The molecule has 2 aromatic heterocycles. The van der Waals surface area contributed by atoms with Gasteiger partial charge in [0.15, 0.2) is 0 Å². The van der Waals surface area contributed by atoms with E-state index >= 15 is 0 Å². The van der Waals surface area contributed by atoms with Crippen LogP contribution in [0, 0.1) is 0 Å². The summed E-state index contributed by atoms with van der Waals surface area (Å²) < 4.78 is 43.9. The highest BCUT2D eigenvalue weighted by molar-refractivity contribution is 5.90. The van der Waals surface area contributed by atoms with Gasteiger partial charge in [0.25, 0.3) is 0 Å². The Hall–Kier alpha value is -4.01. The number of hydrogen-bond acceptors (Lipinski definition) is 3. The molecule has 0 radical (unpaired) electrons. The molecule has 0 saturated heterocycles. The minimum Gasteiger partial charge on any atom is -0.497 e. The molecule has 0 spiro atoms. The van der Waals surface area contributed by atoms with E-state index in [0.717, 1.165) is 33.8 Å². The second kappa shape index (κ2) is 8.62. The Balaban J connectivity index is 1.56. The number of nitrogens with one attached hydrogen (secondary N) is 2. The zero-order chi connectivity index (χ0) is 22.7. The number of rotatable bonds is 5. The van der Waals surface area contributed by atoms with Crippen LogP contribution in [-0.2, 0) is 0 Å². The molecule has 2 heterocycles. The molecular weight excluding hydrogens is 421 g/mol. The van der Waals surface area contributed by atoms with E-state index in [0.29, 0.717) is 5.69 Å². The first kappa shape index (κ1) is 21.2. The molecule has 0 saturated carbocycles. The Bertz CT molecular complexity index is 1250. The van der Waals surface area contributed by atoms with Crippen LogP contribution >= 0.6 is 0 Å². The lowest BCUT2D eigenvalue weighted by Gasteiger charge is -2.11. The van der Waals surface area contributed by atoms with Crippen molar-refractivity contribution in [1.82, 2.24) is 14.7 Å². The lowest BCUT2D eigenvalue weighted by molar-refractivity contribution is -0.122. The molecule has 2 N–H and O–H groups in total. The van der Waals surface area contributed by atoms with Gasteiger partial charge in [-0.15, -0.1) is 0 Å². The number of imidazole rings is 1. The minimum absolute atomic E-state index is 0.368. The number of aromatic nitrogens is 2. The van der Waals surface area contributed by atoms with Crippen LogP contribution < -0.4 is 15.4 Å². The molecule has 0 aliphatic heterocycles. The van der Waals surface area contributed by atoms with E-state index in [1.165, 1.54) is 0 Å². The first-order valence-corrected chi connectivity index (χ1v) is 9.66. The number of methoxy groups -OCH3 is 1. The zero-order valence-electron chi connectivity index (χ0n) is 17.0. The summed E-state index contributed by atoms with van der Waals surface area (Å²) in [5.74, 6) is 0.776. The number of pyridine rings is 1. The van der Waals surface area contributed by atoms with Gasteiger partial charge in [-0.05, 0) is 47.5 Å². The van der Waals surface area contributed by atoms with E-state index in [1.54, 1.807) is 36.8 Å². The number of halogens is 3. The van der Waals surface area contributed by atoms with Crippen molar-refractivity contribution in [2.75, 3.05) is 19.0 Å². The van der Waals surface area contributed by atoms with Crippen molar-refractivity contribution >= 4 is 17.4 Å². The molecular formula is C23H19F3N4O2. The maximum Gasteiger partial charge on any atom is 0.405 e. The number of amides is 2. The van der Waals surface area contributed by atoms with Gasteiger partial charge in [0, 0.05) is 17.4 Å². The van der Waals surface area contributed by atoms with Gasteiger partial charge in [0.2, 0.25) is 0 Å². The van der Waals surface area contributed by atoms with Crippen LogP contribution in [0.15, 0.2) is 73.1 Å². The Labute approximate surface area is 181 Å². The van der Waals surface area contributed by atoms with Crippen molar-refractivity contribution in [2.45, 2.75) is 6.18 Å². The molecule has 32 heavy (non-hydrogen) atoms. The molecule has 0 unspecified atom stereocenters. The van der Waals surface area contributed by atoms with E-state index in [4.69, 9.17) is 4.74 Å². The highest BCUT2D eigenvalue weighted by Crippen LogP contribution is 2.27. The number of carbonyl (C=O) groups excluding carboxylic acids is 1. The molecule has 0 fully saturated rings. The smallest absolute Gasteiger partial charge is 0.405 e. The third-order valence-corrected chi connectivity index (χ3v) is 4.80. The van der Waals surface area contributed by atoms with Crippen LogP contribution in [-0.4, -0.2) is 35.2 Å². The Morgan fingerprint density at radius 2 is 1.81 bits per heavy atom. The summed E-state index contributed by atoms with van der Waals surface area (Å²) >= 11 is 0. The predicted octanol–water partition coefficient (Wildman–Crippen LogP) is 5.36. The number of anilines is 1. The van der Waals surface area contributed by atoms with Crippen LogP contribution in [0.2, 0.25) is 0 Å². The van der Waals surface area contributed by atoms with Gasteiger partial charge < -0.3 is 15.4 Å². The summed E-state index contributed by atoms with van der Waals surface area (Å²) in [7, 11) is 1.62. The predicted molar refractivity (Wildman–Crippen MR) is 116 cm³/mol. The molecule has 0 aliphatic rings. The minimum atomic E-state index is -4.47. The van der Waals surface area contributed by atoms with Crippen molar-refractivity contribution in [3.05, 3.63) is 73.1 Å². The Morgan fingerprint density at radius 3 is 2.53 bits per heavy atom. The van der Waals surface area contributed by atoms with Crippen LogP contribution in [0.5, 0.6) is 5.75 Å². The number of ether oxygens (including phenoxy) is 1. The molecule has 9 heteroatoms. The Kier molecular flexibility index (Phi) is 5.72. The van der Waals surface area contributed by atoms with Crippen LogP contribution in [0.1, 0.15) is 0 Å². The summed E-state index contributed by atoms with van der Waals surface area (Å²) in [6.07, 6.45) is -0.871. The maximum absolute atomic E-state index is 12.3. The largest absolute Gasteiger partial charge is 0.497 e. The summed E-state index contributed by atoms with van der Waals surface area (Å²) in [5.41, 5.74) is 4.65. The number of alkyl halides is 3. The quantitative estimate of drug-likeness (QED) is 0.439. The molecule has 4 aromatic rings. The molecule has 0 atom stereocenters. The average Bonchev–Trinajstić information content (AvgIpc) is 3.21. The first-order valence-electron chi connectivity index (χ1n) is 9.66. The van der Waals surface area contributed by atoms with Crippen molar-refractivity contribution in [3.63, 3.8) is 0 Å². The maximum atomic E-state index is 12.3. The molecule has 0 aliphatic carbocycles. The lowest BCUT2D eigenvalue weighted by Crippen LogP contribution is -2.36. The van der Waals surface area contributed by atoms with Crippen LogP contribution in [0.3, 0.4) is 0 Å². The van der Waals surface area contributed by atoms with Gasteiger partial charge in [0.05, 0.1) is 19.0 Å².